The summed E-state index contributed by atoms with van der Waals surface area (Å²) >= 11 is 0. The highest BCUT2D eigenvalue weighted by molar-refractivity contribution is 5.76. The fraction of sp³-hybridized carbons (Fsp3) is 0.864. The highest BCUT2D eigenvalue weighted by Gasteiger charge is 2.18. The van der Waals surface area contributed by atoms with Crippen LogP contribution in [0.2, 0.25) is 0 Å². The van der Waals surface area contributed by atoms with Crippen LogP contribution in [-0.2, 0) is 14.3 Å². The molecule has 6 nitrogen and oxygen atoms in total. The summed E-state index contributed by atoms with van der Waals surface area (Å²) in [5, 5.41) is 23.1. The summed E-state index contributed by atoms with van der Waals surface area (Å²) in [7, 11) is 0. The first-order valence-electron chi connectivity index (χ1n) is 28.8. The van der Waals surface area contributed by atoms with E-state index in [1.807, 2.05) is 6.08 Å². The number of hydrogen-bond acceptors (Lipinski definition) is 5. The molecule has 1 amide bonds. The maximum absolute atomic E-state index is 12.4. The van der Waals surface area contributed by atoms with E-state index in [1.165, 1.54) is 225 Å². The third-order valence-electron chi connectivity index (χ3n) is 13.1. The number of aliphatic hydroxyl groups excluding tert-OH is 2. The molecular formula is C59H111NO5. The van der Waals surface area contributed by atoms with Gasteiger partial charge in [-0.25, -0.2) is 0 Å². The maximum Gasteiger partial charge on any atom is 0.305 e. The van der Waals surface area contributed by atoms with Gasteiger partial charge >= 0.3 is 5.97 Å². The van der Waals surface area contributed by atoms with Gasteiger partial charge in [0, 0.05) is 12.8 Å². The van der Waals surface area contributed by atoms with Crippen LogP contribution in [0.4, 0.5) is 0 Å². The Hall–Kier alpha value is -1.92. The van der Waals surface area contributed by atoms with Crippen LogP contribution in [0.15, 0.2) is 36.5 Å². The Balaban J connectivity index is 3.47. The monoisotopic (exact) mass is 914 g/mol. The predicted octanol–water partition coefficient (Wildman–Crippen LogP) is 17.6. The van der Waals surface area contributed by atoms with Crippen molar-refractivity contribution in [2.75, 3.05) is 13.2 Å². The molecule has 382 valence electrons. The SMILES string of the molecule is CCCCCCCC/C=C\CCCCCCCC(=O)OCCCCCCCCCC/C=C\CCCCCCCCCC(=O)NC(CO)C(O)/C=C/CCCCCCCCCCCCCC. The molecule has 0 aliphatic carbocycles. The van der Waals surface area contributed by atoms with Crippen LogP contribution in [-0.4, -0.2) is 47.4 Å². The van der Waals surface area contributed by atoms with Crippen molar-refractivity contribution >= 4 is 11.9 Å². The van der Waals surface area contributed by atoms with Gasteiger partial charge in [-0.05, 0) is 83.5 Å². The lowest BCUT2D eigenvalue weighted by Gasteiger charge is -2.20. The molecule has 0 saturated heterocycles. The molecule has 0 heterocycles. The molecule has 65 heavy (non-hydrogen) atoms. The minimum atomic E-state index is -0.850. The number of carbonyl (C=O) groups excluding carboxylic acids is 2. The number of esters is 1. The molecule has 0 bridgehead atoms. The molecule has 0 fully saturated rings. The summed E-state index contributed by atoms with van der Waals surface area (Å²) in [6.45, 7) is 4.88. The Labute approximate surface area is 404 Å². The van der Waals surface area contributed by atoms with Crippen LogP contribution in [0.5, 0.6) is 0 Å². The van der Waals surface area contributed by atoms with Crippen LogP contribution in [0.25, 0.3) is 0 Å². The number of carbonyl (C=O) groups is 2. The van der Waals surface area contributed by atoms with Gasteiger partial charge in [0.05, 0.1) is 25.4 Å². The van der Waals surface area contributed by atoms with Crippen LogP contribution in [0.1, 0.15) is 303 Å². The second-order valence-corrected chi connectivity index (χ2v) is 19.6. The third-order valence-corrected chi connectivity index (χ3v) is 13.1. The van der Waals surface area contributed by atoms with Gasteiger partial charge < -0.3 is 20.3 Å². The molecule has 6 heteroatoms. The minimum absolute atomic E-state index is 0.00503. The van der Waals surface area contributed by atoms with Gasteiger partial charge in [-0.3, -0.25) is 9.59 Å². The first-order chi connectivity index (χ1) is 32.0. The van der Waals surface area contributed by atoms with E-state index in [0.717, 1.165) is 51.4 Å². The van der Waals surface area contributed by atoms with Gasteiger partial charge in [-0.2, -0.15) is 0 Å². The average Bonchev–Trinajstić information content (AvgIpc) is 3.31. The van der Waals surface area contributed by atoms with E-state index in [1.54, 1.807) is 6.08 Å². The molecule has 0 rings (SSSR count). The minimum Gasteiger partial charge on any atom is -0.466 e. The number of unbranched alkanes of at least 4 members (excludes halogenated alkanes) is 38. The van der Waals surface area contributed by atoms with Crippen molar-refractivity contribution in [1.82, 2.24) is 5.32 Å². The van der Waals surface area contributed by atoms with Gasteiger partial charge in [0.15, 0.2) is 0 Å². The quantitative estimate of drug-likeness (QED) is 0.0321. The predicted molar refractivity (Wildman–Crippen MR) is 283 cm³/mol. The van der Waals surface area contributed by atoms with Crippen LogP contribution in [0, 0.1) is 0 Å². The Kier molecular flexibility index (Phi) is 53.1. The van der Waals surface area contributed by atoms with E-state index < -0.39 is 12.1 Å². The van der Waals surface area contributed by atoms with E-state index in [2.05, 4.69) is 43.5 Å². The molecule has 0 spiro atoms. The number of amides is 1. The van der Waals surface area contributed by atoms with Crippen molar-refractivity contribution in [3.8, 4) is 0 Å². The van der Waals surface area contributed by atoms with E-state index in [0.29, 0.717) is 19.4 Å². The van der Waals surface area contributed by atoms with Gasteiger partial charge in [0.25, 0.3) is 0 Å². The lowest BCUT2D eigenvalue weighted by atomic mass is 10.0. The van der Waals surface area contributed by atoms with Gasteiger partial charge in [-0.1, -0.05) is 243 Å². The molecule has 3 N–H and O–H groups in total. The lowest BCUT2D eigenvalue weighted by molar-refractivity contribution is -0.143. The van der Waals surface area contributed by atoms with Crippen molar-refractivity contribution in [2.24, 2.45) is 0 Å². The molecule has 2 unspecified atom stereocenters. The lowest BCUT2D eigenvalue weighted by Crippen LogP contribution is -2.45. The number of nitrogens with one attached hydrogen (secondary N) is 1. The van der Waals surface area contributed by atoms with Crippen molar-refractivity contribution in [3.05, 3.63) is 36.5 Å². The normalized spacial score (nSPS) is 12.9. The highest BCUT2D eigenvalue weighted by atomic mass is 16.5. The first-order valence-corrected chi connectivity index (χ1v) is 28.8. The molecule has 0 aromatic heterocycles. The number of hydrogen-bond donors (Lipinski definition) is 3. The van der Waals surface area contributed by atoms with E-state index >= 15 is 0 Å². The summed E-state index contributed by atoms with van der Waals surface area (Å²) in [6, 6.07) is -0.635. The Bertz CT molecular complexity index is 1060. The average molecular weight is 915 g/mol. The number of ether oxygens (including phenoxy) is 1. The summed E-state index contributed by atoms with van der Waals surface area (Å²) in [5.74, 6) is -0.0828. The fourth-order valence-electron chi connectivity index (χ4n) is 8.68. The molecule has 2 atom stereocenters. The largest absolute Gasteiger partial charge is 0.466 e. The molecule has 0 aliphatic heterocycles. The molecule has 0 aromatic carbocycles. The molecular weight excluding hydrogens is 803 g/mol. The number of rotatable bonds is 53. The summed E-state index contributed by atoms with van der Waals surface area (Å²) in [5.41, 5.74) is 0. The molecule has 0 radical (unpaired) electrons. The van der Waals surface area contributed by atoms with E-state index in [9.17, 15) is 19.8 Å². The topological polar surface area (TPSA) is 95.9 Å². The third kappa shape index (κ3) is 51.3. The zero-order valence-electron chi connectivity index (χ0n) is 43.5. The second kappa shape index (κ2) is 54.7. The first kappa shape index (κ1) is 63.1. The summed E-state index contributed by atoms with van der Waals surface area (Å²) < 4.78 is 5.47. The standard InChI is InChI=1S/C59H111NO5/c1-3-5-7-9-11-13-15-17-24-29-33-37-41-45-49-53-59(64)65-54-50-46-42-38-34-30-26-23-21-19-20-22-25-28-32-36-40-44-48-52-58(63)60-56(55-61)57(62)51-47-43-39-35-31-27-18-16-14-12-10-8-6-4-2/h17,19-20,24,47,51,56-57,61-62H,3-16,18,21-23,25-46,48-50,52-55H2,1-2H3,(H,60,63)/b20-19-,24-17-,51-47+. The van der Waals surface area contributed by atoms with Gasteiger partial charge in [-0.15, -0.1) is 0 Å². The molecule has 0 aromatic rings. The summed E-state index contributed by atoms with van der Waals surface area (Å²) in [6.07, 6.45) is 67.3. The highest BCUT2D eigenvalue weighted by Crippen LogP contribution is 2.16. The second-order valence-electron chi connectivity index (χ2n) is 19.6. The zero-order chi connectivity index (χ0) is 47.2. The Morgan fingerprint density at radius 2 is 0.723 bits per heavy atom. The fourth-order valence-corrected chi connectivity index (χ4v) is 8.68. The Morgan fingerprint density at radius 1 is 0.415 bits per heavy atom. The number of aliphatic hydroxyl groups is 2. The van der Waals surface area contributed by atoms with Gasteiger partial charge in [0.1, 0.15) is 0 Å². The van der Waals surface area contributed by atoms with Crippen molar-refractivity contribution in [1.29, 1.82) is 0 Å². The Morgan fingerprint density at radius 3 is 1.09 bits per heavy atom. The van der Waals surface area contributed by atoms with Crippen molar-refractivity contribution in [3.63, 3.8) is 0 Å². The van der Waals surface area contributed by atoms with Crippen molar-refractivity contribution < 1.29 is 24.5 Å². The van der Waals surface area contributed by atoms with Crippen LogP contribution in [0.3, 0.4) is 0 Å². The van der Waals surface area contributed by atoms with Crippen LogP contribution >= 0.6 is 0 Å². The van der Waals surface area contributed by atoms with E-state index in [4.69, 9.17) is 4.74 Å². The van der Waals surface area contributed by atoms with Gasteiger partial charge in [0.2, 0.25) is 5.91 Å². The van der Waals surface area contributed by atoms with E-state index in [-0.39, 0.29) is 18.5 Å². The summed E-state index contributed by atoms with van der Waals surface area (Å²) in [4.78, 5) is 24.5. The van der Waals surface area contributed by atoms with Crippen LogP contribution < -0.4 is 5.32 Å². The molecule has 0 saturated carbocycles. The molecule has 0 aliphatic rings. The zero-order valence-corrected chi connectivity index (χ0v) is 43.5. The smallest absolute Gasteiger partial charge is 0.305 e. The maximum atomic E-state index is 12.4. The number of allylic oxidation sites excluding steroid dienone is 5. The van der Waals surface area contributed by atoms with Crippen molar-refractivity contribution in [2.45, 2.75) is 315 Å².